The van der Waals surface area contributed by atoms with Crippen molar-refractivity contribution < 1.29 is 0 Å². The van der Waals surface area contributed by atoms with Crippen molar-refractivity contribution in [1.29, 1.82) is 0 Å². The molecule has 0 radical (unpaired) electrons. The molecule has 0 spiro atoms. The Balaban J connectivity index is 1.66. The van der Waals surface area contributed by atoms with Gasteiger partial charge in [0.05, 0.1) is 11.0 Å². The molecule has 0 aliphatic heterocycles. The summed E-state index contributed by atoms with van der Waals surface area (Å²) in [6, 6.07) is 28.3. The molecule has 0 aliphatic carbocycles. The summed E-state index contributed by atoms with van der Waals surface area (Å²) < 4.78 is 0. The number of fused-ring (bicyclic) bond motifs is 6. The molecule has 0 N–H and O–H groups in total. The summed E-state index contributed by atoms with van der Waals surface area (Å²) in [5.74, 6) is 0. The van der Waals surface area contributed by atoms with Crippen LogP contribution < -0.4 is 0 Å². The Hall–Kier alpha value is -3.78. The molecular formula is C27H18N2. The minimum Gasteiger partial charge on any atom is -0.254 e. The number of pyridine rings is 2. The first-order chi connectivity index (χ1) is 14.3. The molecule has 6 aromatic rings. The molecule has 0 aliphatic rings. The van der Waals surface area contributed by atoms with E-state index >= 15 is 0 Å². The molecule has 0 atom stereocenters. The van der Waals surface area contributed by atoms with Gasteiger partial charge in [0, 0.05) is 23.2 Å². The molecule has 4 aromatic carbocycles. The third-order valence-corrected chi connectivity index (χ3v) is 5.76. The highest BCUT2D eigenvalue weighted by atomic mass is 14.7. The number of aromatic nitrogens is 2. The maximum Gasteiger partial charge on any atom is 0.0970 e. The second kappa shape index (κ2) is 6.11. The van der Waals surface area contributed by atoms with Crippen molar-refractivity contribution >= 4 is 43.4 Å². The van der Waals surface area contributed by atoms with Crippen LogP contribution in [0.25, 0.3) is 54.5 Å². The van der Waals surface area contributed by atoms with Crippen molar-refractivity contribution in [2.24, 2.45) is 0 Å². The number of nitrogens with zero attached hydrogens (tertiary/aromatic N) is 2. The van der Waals surface area contributed by atoms with E-state index in [0.717, 1.165) is 21.8 Å². The first-order valence-electron chi connectivity index (χ1n) is 9.84. The van der Waals surface area contributed by atoms with Crippen LogP contribution >= 0.6 is 0 Å². The first kappa shape index (κ1) is 16.2. The van der Waals surface area contributed by atoms with Crippen LogP contribution in [0.5, 0.6) is 0 Å². The van der Waals surface area contributed by atoms with E-state index in [1.54, 1.807) is 0 Å². The Kier molecular flexibility index (Phi) is 3.41. The Bertz CT molecular complexity index is 1560. The molecule has 0 saturated heterocycles. The zero-order valence-electron chi connectivity index (χ0n) is 16.1. The van der Waals surface area contributed by atoms with Crippen molar-refractivity contribution in [2.75, 3.05) is 0 Å². The van der Waals surface area contributed by atoms with Gasteiger partial charge in [-0.05, 0) is 63.9 Å². The zero-order chi connectivity index (χ0) is 19.4. The van der Waals surface area contributed by atoms with Gasteiger partial charge >= 0.3 is 0 Å². The molecule has 0 amide bonds. The van der Waals surface area contributed by atoms with Crippen molar-refractivity contribution in [3.63, 3.8) is 0 Å². The van der Waals surface area contributed by atoms with Crippen molar-refractivity contribution in [3.05, 3.63) is 96.8 Å². The van der Waals surface area contributed by atoms with E-state index in [1.165, 1.54) is 38.2 Å². The minimum atomic E-state index is 0.953. The van der Waals surface area contributed by atoms with Crippen LogP contribution in [0.3, 0.4) is 0 Å². The summed E-state index contributed by atoms with van der Waals surface area (Å²) in [5, 5.41) is 7.38. The number of benzene rings is 4. The van der Waals surface area contributed by atoms with E-state index in [9.17, 15) is 0 Å². The Morgan fingerprint density at radius 1 is 0.552 bits per heavy atom. The highest BCUT2D eigenvalue weighted by Gasteiger charge is 2.11. The van der Waals surface area contributed by atoms with Crippen molar-refractivity contribution in [2.45, 2.75) is 6.92 Å². The minimum absolute atomic E-state index is 0.953. The van der Waals surface area contributed by atoms with Gasteiger partial charge in [-0.3, -0.25) is 9.97 Å². The molecule has 0 saturated carbocycles. The van der Waals surface area contributed by atoms with Gasteiger partial charge in [0.15, 0.2) is 0 Å². The number of hydrogen-bond acceptors (Lipinski definition) is 2. The Morgan fingerprint density at radius 2 is 1.28 bits per heavy atom. The number of hydrogen-bond donors (Lipinski definition) is 0. The van der Waals surface area contributed by atoms with Gasteiger partial charge in [-0.25, -0.2) is 0 Å². The summed E-state index contributed by atoms with van der Waals surface area (Å²) >= 11 is 0. The van der Waals surface area contributed by atoms with Gasteiger partial charge in [0.2, 0.25) is 0 Å². The normalized spacial score (nSPS) is 11.6. The summed E-state index contributed by atoms with van der Waals surface area (Å²) in [6.45, 7) is 2.14. The lowest BCUT2D eigenvalue weighted by atomic mass is 9.94. The fourth-order valence-electron chi connectivity index (χ4n) is 4.37. The van der Waals surface area contributed by atoms with Crippen LogP contribution in [0.2, 0.25) is 0 Å². The fraction of sp³-hybridized carbons (Fsp3) is 0.0370. The molecule has 29 heavy (non-hydrogen) atoms. The molecule has 2 heterocycles. The van der Waals surface area contributed by atoms with Gasteiger partial charge in [-0.1, -0.05) is 60.2 Å². The molecule has 2 aromatic heterocycles. The predicted molar refractivity (Wildman–Crippen MR) is 122 cm³/mol. The Morgan fingerprint density at radius 3 is 2.14 bits per heavy atom. The summed E-state index contributed by atoms with van der Waals surface area (Å²) in [4.78, 5) is 9.22. The molecule has 136 valence electrons. The van der Waals surface area contributed by atoms with E-state index in [-0.39, 0.29) is 0 Å². The predicted octanol–water partition coefficient (Wildman–Crippen LogP) is 7.06. The second-order valence-corrected chi connectivity index (χ2v) is 7.62. The van der Waals surface area contributed by atoms with E-state index < -0.39 is 0 Å². The molecule has 2 nitrogen and oxygen atoms in total. The second-order valence-electron chi connectivity index (χ2n) is 7.62. The van der Waals surface area contributed by atoms with E-state index in [0.29, 0.717) is 0 Å². The quantitative estimate of drug-likeness (QED) is 0.289. The average Bonchev–Trinajstić information content (AvgIpc) is 2.78. The molecular weight excluding hydrogens is 352 g/mol. The van der Waals surface area contributed by atoms with Crippen LogP contribution in [0, 0.1) is 6.92 Å². The standard InChI is InChI=1S/C27H18N2/c1-17-6-10-22-18(14-17)7-8-19-15-20(9-11-23(19)22)25-16-21-4-2-12-28-26(21)27-24(25)5-3-13-29-27/h2-16H,1H3. The Labute approximate surface area is 168 Å². The monoisotopic (exact) mass is 370 g/mol. The van der Waals surface area contributed by atoms with Crippen LogP contribution in [-0.4, -0.2) is 9.97 Å². The lowest BCUT2D eigenvalue weighted by molar-refractivity contribution is 1.37. The SMILES string of the molecule is Cc1ccc2c(ccc3cc(-c4cc5cccnc5c5ncccc45)ccc32)c1. The van der Waals surface area contributed by atoms with E-state index in [1.807, 2.05) is 24.5 Å². The smallest absolute Gasteiger partial charge is 0.0970 e. The third-order valence-electron chi connectivity index (χ3n) is 5.76. The highest BCUT2D eigenvalue weighted by molar-refractivity contribution is 6.12. The van der Waals surface area contributed by atoms with Crippen molar-refractivity contribution in [1.82, 2.24) is 9.97 Å². The van der Waals surface area contributed by atoms with Gasteiger partial charge in [0.1, 0.15) is 0 Å². The van der Waals surface area contributed by atoms with Crippen molar-refractivity contribution in [3.8, 4) is 11.1 Å². The lowest BCUT2D eigenvalue weighted by Crippen LogP contribution is -1.89. The summed E-state index contributed by atoms with van der Waals surface area (Å²) in [7, 11) is 0. The van der Waals surface area contributed by atoms with Crippen LogP contribution in [0.15, 0.2) is 91.3 Å². The summed E-state index contributed by atoms with van der Waals surface area (Å²) in [5.41, 5.74) is 5.59. The lowest BCUT2D eigenvalue weighted by Gasteiger charge is -2.11. The van der Waals surface area contributed by atoms with Crippen LogP contribution in [-0.2, 0) is 0 Å². The third kappa shape index (κ3) is 2.50. The molecule has 0 fully saturated rings. The molecule has 6 rings (SSSR count). The maximum atomic E-state index is 4.64. The van der Waals surface area contributed by atoms with E-state index in [4.69, 9.17) is 0 Å². The zero-order valence-corrected chi connectivity index (χ0v) is 16.1. The largest absolute Gasteiger partial charge is 0.254 e. The fourth-order valence-corrected chi connectivity index (χ4v) is 4.37. The summed E-state index contributed by atoms with van der Waals surface area (Å²) in [6.07, 6.45) is 3.67. The molecule has 0 bridgehead atoms. The average molecular weight is 370 g/mol. The highest BCUT2D eigenvalue weighted by Crippen LogP contribution is 2.35. The molecule has 0 unspecified atom stereocenters. The van der Waals surface area contributed by atoms with E-state index in [2.05, 4.69) is 83.6 Å². The maximum absolute atomic E-state index is 4.64. The topological polar surface area (TPSA) is 25.8 Å². The number of aryl methyl sites for hydroxylation is 1. The van der Waals surface area contributed by atoms with Crippen LogP contribution in [0.1, 0.15) is 5.56 Å². The van der Waals surface area contributed by atoms with Crippen LogP contribution in [0.4, 0.5) is 0 Å². The van der Waals surface area contributed by atoms with Gasteiger partial charge in [-0.15, -0.1) is 0 Å². The van der Waals surface area contributed by atoms with Gasteiger partial charge in [-0.2, -0.15) is 0 Å². The molecule has 2 heteroatoms. The first-order valence-corrected chi connectivity index (χ1v) is 9.84. The van der Waals surface area contributed by atoms with Gasteiger partial charge in [0.25, 0.3) is 0 Å². The van der Waals surface area contributed by atoms with Gasteiger partial charge < -0.3 is 0 Å². The number of rotatable bonds is 1.